The van der Waals surface area contributed by atoms with Gasteiger partial charge in [0, 0.05) is 18.6 Å². The molecule has 0 aromatic heterocycles. The van der Waals surface area contributed by atoms with Crippen LogP contribution in [0.15, 0.2) is 0 Å². The van der Waals surface area contributed by atoms with Gasteiger partial charge in [0.25, 0.3) is 0 Å². The predicted octanol–water partition coefficient (Wildman–Crippen LogP) is 3.03. The van der Waals surface area contributed by atoms with Gasteiger partial charge in [-0.3, -0.25) is 4.90 Å². The van der Waals surface area contributed by atoms with Crippen LogP contribution in [0.1, 0.15) is 58.3 Å². The first-order valence-corrected chi connectivity index (χ1v) is 7.76. The molecule has 1 saturated heterocycles. The molecule has 2 fully saturated rings. The molecule has 1 heterocycles. The Morgan fingerprint density at radius 2 is 1.82 bits per heavy atom. The fourth-order valence-corrected chi connectivity index (χ4v) is 3.85. The van der Waals surface area contributed by atoms with Crippen LogP contribution in [0.25, 0.3) is 0 Å². The molecule has 1 saturated carbocycles. The summed E-state index contributed by atoms with van der Waals surface area (Å²) in [7, 11) is 2.16. The number of likely N-dealkylation sites (N-methyl/N-ethyl adjacent to an activating group) is 1. The fraction of sp³-hybridized carbons (Fsp3) is 1.00. The van der Waals surface area contributed by atoms with Crippen LogP contribution in [0.5, 0.6) is 0 Å². The summed E-state index contributed by atoms with van der Waals surface area (Å²) in [6.07, 6.45) is 11.4. The van der Waals surface area contributed by atoms with Gasteiger partial charge in [0.1, 0.15) is 0 Å². The summed E-state index contributed by atoms with van der Waals surface area (Å²) in [5.41, 5.74) is 0. The van der Waals surface area contributed by atoms with Crippen molar-refractivity contribution >= 4 is 0 Å². The molecule has 2 nitrogen and oxygen atoms in total. The molecule has 2 heteroatoms. The summed E-state index contributed by atoms with van der Waals surface area (Å²) >= 11 is 0. The summed E-state index contributed by atoms with van der Waals surface area (Å²) in [6.45, 7) is 4.98. The predicted molar refractivity (Wildman–Crippen MR) is 74.3 cm³/mol. The number of piperidine rings is 1. The van der Waals surface area contributed by atoms with Gasteiger partial charge in [-0.1, -0.05) is 26.2 Å². The molecule has 2 aliphatic rings. The number of hydrogen-bond donors (Lipinski definition) is 1. The van der Waals surface area contributed by atoms with E-state index >= 15 is 0 Å². The summed E-state index contributed by atoms with van der Waals surface area (Å²) in [5, 5.41) is 3.59. The van der Waals surface area contributed by atoms with Gasteiger partial charge in [0.2, 0.25) is 0 Å². The highest BCUT2D eigenvalue weighted by atomic mass is 15.2. The van der Waals surface area contributed by atoms with Crippen molar-refractivity contribution in [3.8, 4) is 0 Å². The zero-order valence-electron chi connectivity index (χ0n) is 11.8. The number of rotatable bonds is 5. The highest BCUT2D eigenvalue weighted by Gasteiger charge is 2.28. The number of nitrogens with zero attached hydrogens (tertiary/aromatic N) is 1. The Hall–Kier alpha value is -0.0800. The zero-order valence-corrected chi connectivity index (χ0v) is 11.8. The molecule has 100 valence electrons. The Labute approximate surface area is 107 Å². The quantitative estimate of drug-likeness (QED) is 0.792. The van der Waals surface area contributed by atoms with E-state index in [1.807, 2.05) is 0 Å². The topological polar surface area (TPSA) is 15.3 Å². The minimum atomic E-state index is 0.740. The summed E-state index contributed by atoms with van der Waals surface area (Å²) in [5.74, 6) is 0.944. The van der Waals surface area contributed by atoms with Gasteiger partial charge in [0.05, 0.1) is 0 Å². The van der Waals surface area contributed by atoms with Crippen LogP contribution in [0.4, 0.5) is 0 Å². The zero-order chi connectivity index (χ0) is 12.1. The van der Waals surface area contributed by atoms with E-state index in [9.17, 15) is 0 Å². The lowest BCUT2D eigenvalue weighted by Gasteiger charge is -2.39. The molecule has 1 aliphatic heterocycles. The smallest absolute Gasteiger partial charge is 0.0220 e. The number of likely N-dealkylation sites (tertiary alicyclic amines) is 1. The van der Waals surface area contributed by atoms with Gasteiger partial charge in [-0.2, -0.15) is 0 Å². The maximum atomic E-state index is 3.59. The van der Waals surface area contributed by atoms with E-state index in [1.54, 1.807) is 0 Å². The molecule has 0 aromatic carbocycles. The van der Waals surface area contributed by atoms with E-state index in [2.05, 4.69) is 24.2 Å². The molecule has 0 spiro atoms. The SMILES string of the molecule is CCC1CCCCN1CC(NC)C1CCCC1. The average Bonchev–Trinajstić information content (AvgIpc) is 2.90. The van der Waals surface area contributed by atoms with Gasteiger partial charge in [-0.15, -0.1) is 0 Å². The maximum absolute atomic E-state index is 3.59. The summed E-state index contributed by atoms with van der Waals surface area (Å²) < 4.78 is 0. The van der Waals surface area contributed by atoms with Gasteiger partial charge in [-0.25, -0.2) is 0 Å². The monoisotopic (exact) mass is 238 g/mol. The standard InChI is InChI=1S/C15H30N2/c1-3-14-10-6-7-11-17(14)12-15(16-2)13-8-4-5-9-13/h13-16H,3-12H2,1-2H3. The van der Waals surface area contributed by atoms with E-state index in [0.29, 0.717) is 0 Å². The number of nitrogens with one attached hydrogen (secondary N) is 1. The van der Waals surface area contributed by atoms with E-state index in [4.69, 9.17) is 0 Å². The van der Waals surface area contributed by atoms with Crippen molar-refractivity contribution in [3.63, 3.8) is 0 Å². The molecule has 1 aliphatic carbocycles. The highest BCUT2D eigenvalue weighted by molar-refractivity contribution is 4.85. The van der Waals surface area contributed by atoms with Gasteiger partial charge in [0.15, 0.2) is 0 Å². The van der Waals surface area contributed by atoms with Crippen LogP contribution in [-0.4, -0.2) is 37.1 Å². The Morgan fingerprint density at radius 1 is 1.12 bits per heavy atom. The first kappa shape index (κ1) is 13.4. The van der Waals surface area contributed by atoms with Crippen LogP contribution in [0.2, 0.25) is 0 Å². The van der Waals surface area contributed by atoms with Crippen molar-refractivity contribution in [3.05, 3.63) is 0 Å². The van der Waals surface area contributed by atoms with Gasteiger partial charge >= 0.3 is 0 Å². The lowest BCUT2D eigenvalue weighted by Crippen LogP contribution is -2.49. The molecule has 2 rings (SSSR count). The number of hydrogen-bond acceptors (Lipinski definition) is 2. The molecular formula is C15H30N2. The molecule has 0 aromatic rings. The Kier molecular flexibility index (Phi) is 5.30. The average molecular weight is 238 g/mol. The van der Waals surface area contributed by atoms with Gasteiger partial charge in [-0.05, 0) is 51.6 Å². The van der Waals surface area contributed by atoms with Crippen LogP contribution in [-0.2, 0) is 0 Å². The van der Waals surface area contributed by atoms with Crippen molar-refractivity contribution in [2.24, 2.45) is 5.92 Å². The van der Waals surface area contributed by atoms with Crippen molar-refractivity contribution < 1.29 is 0 Å². The van der Waals surface area contributed by atoms with Crippen molar-refractivity contribution in [2.75, 3.05) is 20.1 Å². The molecule has 1 N–H and O–H groups in total. The highest BCUT2D eigenvalue weighted by Crippen LogP contribution is 2.29. The van der Waals surface area contributed by atoms with E-state index < -0.39 is 0 Å². The third kappa shape index (κ3) is 3.45. The van der Waals surface area contributed by atoms with E-state index in [-0.39, 0.29) is 0 Å². The summed E-state index contributed by atoms with van der Waals surface area (Å²) in [4.78, 5) is 2.77. The minimum Gasteiger partial charge on any atom is -0.315 e. The lowest BCUT2D eigenvalue weighted by atomic mass is 9.94. The third-order valence-corrected chi connectivity index (χ3v) is 4.99. The Balaban J connectivity index is 1.87. The van der Waals surface area contributed by atoms with Crippen molar-refractivity contribution in [1.29, 1.82) is 0 Å². The van der Waals surface area contributed by atoms with E-state index in [1.165, 1.54) is 64.5 Å². The largest absolute Gasteiger partial charge is 0.315 e. The van der Waals surface area contributed by atoms with Crippen molar-refractivity contribution in [2.45, 2.75) is 70.4 Å². The molecule has 0 radical (unpaired) electrons. The van der Waals surface area contributed by atoms with E-state index in [0.717, 1.165) is 18.0 Å². The molecule has 0 amide bonds. The molecule has 2 unspecified atom stereocenters. The van der Waals surface area contributed by atoms with Crippen LogP contribution in [0.3, 0.4) is 0 Å². The molecule has 17 heavy (non-hydrogen) atoms. The Morgan fingerprint density at radius 3 is 2.47 bits per heavy atom. The molecule has 2 atom stereocenters. The first-order chi connectivity index (χ1) is 8.35. The van der Waals surface area contributed by atoms with Gasteiger partial charge < -0.3 is 5.32 Å². The van der Waals surface area contributed by atoms with Crippen molar-refractivity contribution in [1.82, 2.24) is 10.2 Å². The fourth-order valence-electron chi connectivity index (χ4n) is 3.85. The summed E-state index contributed by atoms with van der Waals surface area (Å²) in [6, 6.07) is 1.60. The normalized spacial score (nSPS) is 29.6. The third-order valence-electron chi connectivity index (χ3n) is 4.99. The second-order valence-corrected chi connectivity index (χ2v) is 5.99. The Bertz CT molecular complexity index is 209. The second-order valence-electron chi connectivity index (χ2n) is 5.99. The lowest BCUT2D eigenvalue weighted by molar-refractivity contribution is 0.118. The maximum Gasteiger partial charge on any atom is 0.0220 e. The first-order valence-electron chi connectivity index (χ1n) is 7.76. The van der Waals surface area contributed by atoms with Crippen LogP contribution in [0, 0.1) is 5.92 Å². The minimum absolute atomic E-state index is 0.740. The van der Waals surface area contributed by atoms with Crippen LogP contribution < -0.4 is 5.32 Å². The molecular weight excluding hydrogens is 208 g/mol. The second kappa shape index (κ2) is 6.75. The van der Waals surface area contributed by atoms with Crippen LogP contribution >= 0.6 is 0 Å². The molecule has 0 bridgehead atoms.